The van der Waals surface area contributed by atoms with Gasteiger partial charge in [0.25, 0.3) is 0 Å². The van der Waals surface area contributed by atoms with Gasteiger partial charge in [0.1, 0.15) is 10.6 Å². The van der Waals surface area contributed by atoms with Crippen LogP contribution in [0.15, 0.2) is 28.0 Å². The lowest BCUT2D eigenvalue weighted by atomic mass is 10.3. The molecule has 6 nitrogen and oxygen atoms in total. The van der Waals surface area contributed by atoms with Gasteiger partial charge in [-0.05, 0) is 18.2 Å². The first-order chi connectivity index (χ1) is 6.62. The summed E-state index contributed by atoms with van der Waals surface area (Å²) >= 11 is 0. The van der Waals surface area contributed by atoms with Crippen LogP contribution in [0.4, 0.5) is 0 Å². The van der Waals surface area contributed by atoms with Crippen LogP contribution >= 0.6 is 0 Å². The third kappa shape index (κ3) is 2.67. The molecular weight excluding hydrogens is 242 g/mol. The van der Waals surface area contributed by atoms with Gasteiger partial charge in [-0.15, -0.1) is 0 Å². The van der Waals surface area contributed by atoms with Gasteiger partial charge in [0.05, 0.1) is 4.90 Å². The van der Waals surface area contributed by atoms with E-state index in [2.05, 4.69) is 0 Å². The Hall–Kier alpha value is -1.12. The van der Waals surface area contributed by atoms with Gasteiger partial charge in [-0.1, -0.05) is 0 Å². The Bertz CT molecular complexity index is 588. The predicted molar refractivity (Wildman–Crippen MR) is 52.6 cm³/mol. The molecule has 0 aliphatic heterocycles. The molecule has 15 heavy (non-hydrogen) atoms. The highest BCUT2D eigenvalue weighted by molar-refractivity contribution is 7.91. The number of phenolic OH excluding ortho intramolecular Hbond substituents is 1. The molecule has 84 valence electrons. The maximum absolute atomic E-state index is 11.1. The SMILES string of the molecule is CS(=O)(=O)c1cc(S(N)(=O)=O)ccc1O. The summed E-state index contributed by atoms with van der Waals surface area (Å²) in [4.78, 5) is -0.824. The molecule has 1 aromatic carbocycles. The standard InChI is InChI=1S/C7H9NO5S2/c1-14(10,11)7-4-5(15(8,12)13)2-3-6(7)9/h2-4,9H,1H3,(H2,8,12,13). The normalized spacial score (nSPS) is 12.7. The smallest absolute Gasteiger partial charge is 0.238 e. The van der Waals surface area contributed by atoms with Crippen LogP contribution in [0.25, 0.3) is 0 Å². The highest BCUT2D eigenvalue weighted by Gasteiger charge is 2.17. The number of aromatic hydroxyl groups is 1. The van der Waals surface area contributed by atoms with Gasteiger partial charge < -0.3 is 5.11 Å². The maximum Gasteiger partial charge on any atom is 0.238 e. The predicted octanol–water partition coefficient (Wildman–Crippen LogP) is -0.557. The van der Waals surface area contributed by atoms with Crippen molar-refractivity contribution in [3.8, 4) is 5.75 Å². The van der Waals surface area contributed by atoms with Crippen LogP contribution in [0.1, 0.15) is 0 Å². The zero-order valence-electron chi connectivity index (χ0n) is 7.71. The Morgan fingerprint density at radius 1 is 1.20 bits per heavy atom. The zero-order valence-corrected chi connectivity index (χ0v) is 9.34. The van der Waals surface area contributed by atoms with Crippen molar-refractivity contribution < 1.29 is 21.9 Å². The topological polar surface area (TPSA) is 115 Å². The Morgan fingerprint density at radius 3 is 2.13 bits per heavy atom. The van der Waals surface area contributed by atoms with Crippen LogP contribution in [0.5, 0.6) is 5.75 Å². The van der Waals surface area contributed by atoms with E-state index in [1.807, 2.05) is 0 Å². The first-order valence-electron chi connectivity index (χ1n) is 3.68. The largest absolute Gasteiger partial charge is 0.507 e. The fourth-order valence-electron chi connectivity index (χ4n) is 0.968. The van der Waals surface area contributed by atoms with Crippen molar-refractivity contribution in [1.82, 2.24) is 0 Å². The van der Waals surface area contributed by atoms with Crippen molar-refractivity contribution in [3.63, 3.8) is 0 Å². The van der Waals surface area contributed by atoms with E-state index in [0.717, 1.165) is 24.5 Å². The van der Waals surface area contributed by atoms with E-state index < -0.39 is 30.5 Å². The molecule has 0 radical (unpaired) electrons. The van der Waals surface area contributed by atoms with Crippen LogP contribution in [-0.4, -0.2) is 28.2 Å². The molecule has 0 atom stereocenters. The highest BCUT2D eigenvalue weighted by atomic mass is 32.2. The Kier molecular flexibility index (Phi) is 2.77. The van der Waals surface area contributed by atoms with Gasteiger partial charge in [-0.3, -0.25) is 0 Å². The summed E-state index contributed by atoms with van der Waals surface area (Å²) in [5.41, 5.74) is 0. The zero-order chi connectivity index (χ0) is 11.9. The summed E-state index contributed by atoms with van der Waals surface area (Å²) in [7, 11) is -7.66. The fraction of sp³-hybridized carbons (Fsp3) is 0.143. The van der Waals surface area contributed by atoms with Crippen molar-refractivity contribution in [1.29, 1.82) is 0 Å². The number of primary sulfonamides is 1. The number of hydrogen-bond acceptors (Lipinski definition) is 5. The molecule has 0 aliphatic carbocycles. The van der Waals surface area contributed by atoms with Crippen LogP contribution in [0.3, 0.4) is 0 Å². The molecule has 0 bridgehead atoms. The van der Waals surface area contributed by atoms with Crippen LogP contribution in [-0.2, 0) is 19.9 Å². The van der Waals surface area contributed by atoms with E-state index in [0.29, 0.717) is 0 Å². The average Bonchev–Trinajstić information content (AvgIpc) is 2.00. The Balaban J connectivity index is 3.57. The lowest BCUT2D eigenvalue weighted by Crippen LogP contribution is -2.12. The Labute approximate surface area is 87.3 Å². The second-order valence-electron chi connectivity index (χ2n) is 2.95. The van der Waals surface area contributed by atoms with E-state index >= 15 is 0 Å². The van der Waals surface area contributed by atoms with Gasteiger partial charge in [0.2, 0.25) is 10.0 Å². The molecule has 0 unspecified atom stereocenters. The lowest BCUT2D eigenvalue weighted by molar-refractivity contribution is 0.458. The monoisotopic (exact) mass is 251 g/mol. The molecule has 1 aromatic rings. The molecule has 0 spiro atoms. The molecule has 0 amide bonds. The van der Waals surface area contributed by atoms with Crippen LogP contribution in [0.2, 0.25) is 0 Å². The van der Waals surface area contributed by atoms with Crippen molar-refractivity contribution in [2.24, 2.45) is 5.14 Å². The third-order valence-corrected chi connectivity index (χ3v) is 3.70. The number of sulfonamides is 1. The lowest BCUT2D eigenvalue weighted by Gasteiger charge is -2.04. The summed E-state index contributed by atoms with van der Waals surface area (Å²) in [5, 5.41) is 14.0. The maximum atomic E-state index is 11.1. The number of benzene rings is 1. The quantitative estimate of drug-likeness (QED) is 0.731. The second kappa shape index (κ2) is 3.47. The summed E-state index contributed by atoms with van der Waals surface area (Å²) in [6.07, 6.45) is 0.856. The summed E-state index contributed by atoms with van der Waals surface area (Å²) in [5.74, 6) is -0.509. The second-order valence-corrected chi connectivity index (χ2v) is 6.49. The van der Waals surface area contributed by atoms with Crippen molar-refractivity contribution in [2.45, 2.75) is 9.79 Å². The van der Waals surface area contributed by atoms with Gasteiger partial charge in [0.15, 0.2) is 9.84 Å². The number of sulfone groups is 1. The summed E-state index contributed by atoms with van der Waals surface area (Å²) in [6, 6.07) is 2.81. The molecule has 8 heteroatoms. The minimum Gasteiger partial charge on any atom is -0.507 e. The van der Waals surface area contributed by atoms with Gasteiger partial charge in [-0.2, -0.15) is 0 Å². The van der Waals surface area contributed by atoms with Gasteiger partial charge in [0, 0.05) is 6.26 Å². The molecule has 3 N–H and O–H groups in total. The van der Waals surface area contributed by atoms with Crippen molar-refractivity contribution >= 4 is 19.9 Å². The van der Waals surface area contributed by atoms with Crippen LogP contribution in [0, 0.1) is 0 Å². The number of hydrogen-bond donors (Lipinski definition) is 2. The van der Waals surface area contributed by atoms with E-state index in [1.54, 1.807) is 0 Å². The molecule has 0 aromatic heterocycles. The average molecular weight is 251 g/mol. The Morgan fingerprint density at radius 2 is 1.73 bits per heavy atom. The van der Waals surface area contributed by atoms with E-state index in [-0.39, 0.29) is 4.90 Å². The third-order valence-electron chi connectivity index (χ3n) is 1.66. The molecule has 0 saturated heterocycles. The van der Waals surface area contributed by atoms with Gasteiger partial charge >= 0.3 is 0 Å². The van der Waals surface area contributed by atoms with Gasteiger partial charge in [-0.25, -0.2) is 22.0 Å². The molecule has 0 aliphatic rings. The van der Waals surface area contributed by atoms with E-state index in [1.165, 1.54) is 0 Å². The highest BCUT2D eigenvalue weighted by Crippen LogP contribution is 2.24. The van der Waals surface area contributed by atoms with Crippen molar-refractivity contribution in [2.75, 3.05) is 6.26 Å². The molecule has 0 saturated carbocycles. The summed E-state index contributed by atoms with van der Waals surface area (Å²) in [6.45, 7) is 0. The minimum atomic E-state index is -3.98. The van der Waals surface area contributed by atoms with Crippen LogP contribution < -0.4 is 5.14 Å². The number of rotatable bonds is 2. The molecule has 0 fully saturated rings. The first kappa shape index (κ1) is 12.0. The minimum absolute atomic E-state index is 0.360. The van der Waals surface area contributed by atoms with Crippen molar-refractivity contribution in [3.05, 3.63) is 18.2 Å². The fourth-order valence-corrected chi connectivity index (χ4v) is 2.37. The molecular formula is C7H9NO5S2. The molecule has 0 heterocycles. The molecule has 1 rings (SSSR count). The number of nitrogens with two attached hydrogens (primary N) is 1. The van der Waals surface area contributed by atoms with E-state index in [9.17, 15) is 21.9 Å². The number of phenols is 1. The van der Waals surface area contributed by atoms with E-state index in [4.69, 9.17) is 5.14 Å². The summed E-state index contributed by atoms with van der Waals surface area (Å²) < 4.78 is 44.1. The first-order valence-corrected chi connectivity index (χ1v) is 7.12.